The van der Waals surface area contributed by atoms with Gasteiger partial charge in [0.15, 0.2) is 17.8 Å². The minimum atomic E-state index is 0.440. The lowest BCUT2D eigenvalue weighted by Gasteiger charge is -2.16. The molecule has 3 aromatic rings. The molecule has 0 fully saturated rings. The molecule has 0 N–H and O–H groups in total. The largest absolute Gasteiger partial charge is 0.493 e. The highest BCUT2D eigenvalue weighted by Gasteiger charge is 2.24. The first-order valence-electron chi connectivity index (χ1n) is 8.67. The second-order valence-corrected chi connectivity index (χ2v) is 6.35. The van der Waals surface area contributed by atoms with E-state index >= 15 is 0 Å². The zero-order valence-electron chi connectivity index (χ0n) is 14.3. The van der Waals surface area contributed by atoms with Gasteiger partial charge in [-0.2, -0.15) is 0 Å². The molecule has 0 spiro atoms. The summed E-state index contributed by atoms with van der Waals surface area (Å²) >= 11 is 0. The Balaban J connectivity index is 1.85. The third-order valence-corrected chi connectivity index (χ3v) is 4.91. The Labute approximate surface area is 147 Å². The highest BCUT2D eigenvalue weighted by atomic mass is 16.5. The van der Waals surface area contributed by atoms with Crippen molar-refractivity contribution in [3.05, 3.63) is 59.3 Å². The lowest BCUT2D eigenvalue weighted by molar-refractivity contribution is 0.112. The van der Waals surface area contributed by atoms with Crippen molar-refractivity contribution in [3.63, 3.8) is 0 Å². The van der Waals surface area contributed by atoms with E-state index in [2.05, 4.69) is 4.57 Å². The molecule has 0 amide bonds. The monoisotopic (exact) mass is 335 g/mol. The molecule has 4 heteroatoms. The number of fused-ring (bicyclic) bond motifs is 3. The summed E-state index contributed by atoms with van der Waals surface area (Å²) in [6, 6.07) is 14.0. The number of methoxy groups -OCH3 is 1. The highest BCUT2D eigenvalue weighted by Crippen LogP contribution is 2.41. The summed E-state index contributed by atoms with van der Waals surface area (Å²) in [6.07, 6.45) is 4.16. The number of nitrogens with zero attached hydrogens (tertiary/aromatic N) is 1. The van der Waals surface area contributed by atoms with Crippen LogP contribution in [0.15, 0.2) is 42.5 Å². The first kappa shape index (κ1) is 15.8. The minimum Gasteiger partial charge on any atom is -0.493 e. The maximum absolute atomic E-state index is 11.9. The number of carbonyl (C=O) groups is 1. The fourth-order valence-corrected chi connectivity index (χ4v) is 3.72. The number of aromatic nitrogens is 1. The zero-order valence-corrected chi connectivity index (χ0v) is 14.3. The van der Waals surface area contributed by atoms with Crippen LogP contribution >= 0.6 is 0 Å². The van der Waals surface area contributed by atoms with Crippen LogP contribution in [0.25, 0.3) is 10.9 Å². The lowest BCUT2D eigenvalue weighted by atomic mass is 10.1. The van der Waals surface area contributed by atoms with Crippen molar-refractivity contribution in [2.45, 2.75) is 32.4 Å². The lowest BCUT2D eigenvalue weighted by Crippen LogP contribution is -2.10. The van der Waals surface area contributed by atoms with E-state index in [1.165, 1.54) is 0 Å². The second-order valence-electron chi connectivity index (χ2n) is 6.35. The summed E-state index contributed by atoms with van der Waals surface area (Å²) < 4.78 is 13.9. The van der Waals surface area contributed by atoms with Gasteiger partial charge < -0.3 is 14.0 Å². The third kappa shape index (κ3) is 2.68. The van der Waals surface area contributed by atoms with Gasteiger partial charge in [0, 0.05) is 17.8 Å². The Kier molecular flexibility index (Phi) is 4.18. The molecule has 2 aromatic carbocycles. The zero-order chi connectivity index (χ0) is 17.2. The fourth-order valence-electron chi connectivity index (χ4n) is 3.72. The van der Waals surface area contributed by atoms with Gasteiger partial charge in [-0.3, -0.25) is 4.79 Å². The van der Waals surface area contributed by atoms with Crippen LogP contribution in [-0.2, 0) is 19.6 Å². The van der Waals surface area contributed by atoms with E-state index in [0.717, 1.165) is 59.8 Å². The topological polar surface area (TPSA) is 40.5 Å². The van der Waals surface area contributed by atoms with E-state index in [-0.39, 0.29) is 0 Å². The van der Waals surface area contributed by atoms with Gasteiger partial charge in [0.25, 0.3) is 0 Å². The molecule has 0 saturated heterocycles. The van der Waals surface area contributed by atoms with Gasteiger partial charge in [-0.05, 0) is 37.0 Å². The normalized spacial score (nSPS) is 13.5. The quantitative estimate of drug-likeness (QED) is 0.650. The van der Waals surface area contributed by atoms with Gasteiger partial charge in [0.1, 0.15) is 6.61 Å². The predicted octanol–water partition coefficient (Wildman–Crippen LogP) is 4.38. The van der Waals surface area contributed by atoms with Crippen molar-refractivity contribution < 1.29 is 14.3 Å². The Morgan fingerprint density at radius 3 is 2.72 bits per heavy atom. The Bertz CT molecular complexity index is 912. The number of rotatable bonds is 5. The smallest absolute Gasteiger partial charge is 0.171 e. The molecule has 2 heterocycles. The van der Waals surface area contributed by atoms with Crippen LogP contribution in [0, 0.1) is 0 Å². The number of carbonyl (C=O) groups excluding carboxylic acids is 1. The maximum atomic E-state index is 11.9. The van der Waals surface area contributed by atoms with Crippen molar-refractivity contribution in [2.75, 3.05) is 7.11 Å². The summed E-state index contributed by atoms with van der Waals surface area (Å²) in [5.41, 5.74) is 4.00. The number of benzene rings is 2. The molecule has 0 bridgehead atoms. The van der Waals surface area contributed by atoms with Crippen molar-refractivity contribution in [1.29, 1.82) is 0 Å². The molecule has 0 aliphatic carbocycles. The summed E-state index contributed by atoms with van der Waals surface area (Å²) in [5.74, 6) is 1.32. The SMILES string of the molecule is COc1ccc2c(c(C=O)c3n2CCCC3)c1OCc1ccccc1. The van der Waals surface area contributed by atoms with Crippen molar-refractivity contribution in [3.8, 4) is 11.5 Å². The molecule has 1 aliphatic heterocycles. The van der Waals surface area contributed by atoms with E-state index in [9.17, 15) is 4.79 Å². The second kappa shape index (κ2) is 6.63. The van der Waals surface area contributed by atoms with Crippen LogP contribution in [0.3, 0.4) is 0 Å². The number of aryl methyl sites for hydroxylation is 1. The van der Waals surface area contributed by atoms with E-state index in [1.54, 1.807) is 7.11 Å². The van der Waals surface area contributed by atoms with Crippen molar-refractivity contribution in [1.82, 2.24) is 4.57 Å². The average molecular weight is 335 g/mol. The Morgan fingerprint density at radius 2 is 1.96 bits per heavy atom. The average Bonchev–Trinajstić information content (AvgIpc) is 3.00. The molecule has 1 aromatic heterocycles. The molecule has 0 atom stereocenters. The molecule has 0 radical (unpaired) electrons. The number of hydrogen-bond acceptors (Lipinski definition) is 3. The molecular weight excluding hydrogens is 314 g/mol. The van der Waals surface area contributed by atoms with Crippen LogP contribution in [0.2, 0.25) is 0 Å². The molecule has 25 heavy (non-hydrogen) atoms. The number of hydrogen-bond donors (Lipinski definition) is 0. The molecule has 1 aliphatic rings. The number of ether oxygens (including phenoxy) is 2. The predicted molar refractivity (Wildman–Crippen MR) is 97.6 cm³/mol. The first-order chi connectivity index (χ1) is 12.3. The van der Waals surface area contributed by atoms with Gasteiger partial charge in [0.05, 0.1) is 18.0 Å². The van der Waals surface area contributed by atoms with E-state index in [4.69, 9.17) is 9.47 Å². The minimum absolute atomic E-state index is 0.440. The van der Waals surface area contributed by atoms with Crippen LogP contribution in [0.1, 0.15) is 34.5 Å². The summed E-state index contributed by atoms with van der Waals surface area (Å²) in [5, 5.41) is 0.877. The van der Waals surface area contributed by atoms with Crippen molar-refractivity contribution in [2.24, 2.45) is 0 Å². The molecule has 4 rings (SSSR count). The molecule has 0 saturated carbocycles. The standard InChI is InChI=1S/C21H21NO3/c1-24-19-11-10-18-20(16(13-23)17-9-5-6-12-22(17)18)21(19)25-14-15-7-3-2-4-8-15/h2-4,7-8,10-11,13H,5-6,9,12,14H2,1H3. The molecule has 0 unspecified atom stereocenters. The van der Waals surface area contributed by atoms with Gasteiger partial charge in [-0.15, -0.1) is 0 Å². The maximum Gasteiger partial charge on any atom is 0.171 e. The van der Waals surface area contributed by atoms with Crippen LogP contribution in [-0.4, -0.2) is 18.0 Å². The van der Waals surface area contributed by atoms with E-state index in [1.807, 2.05) is 42.5 Å². The summed E-state index contributed by atoms with van der Waals surface area (Å²) in [4.78, 5) is 11.9. The Morgan fingerprint density at radius 1 is 1.12 bits per heavy atom. The highest BCUT2D eigenvalue weighted by molar-refractivity contribution is 6.04. The number of aldehydes is 1. The van der Waals surface area contributed by atoms with Gasteiger partial charge >= 0.3 is 0 Å². The van der Waals surface area contributed by atoms with Crippen LogP contribution in [0.5, 0.6) is 11.5 Å². The Hall–Kier alpha value is -2.75. The molecular formula is C21H21NO3. The van der Waals surface area contributed by atoms with Crippen LogP contribution in [0.4, 0.5) is 0 Å². The van der Waals surface area contributed by atoms with Gasteiger partial charge in [0.2, 0.25) is 0 Å². The van der Waals surface area contributed by atoms with Crippen LogP contribution < -0.4 is 9.47 Å². The third-order valence-electron chi connectivity index (χ3n) is 4.91. The van der Waals surface area contributed by atoms with E-state index in [0.29, 0.717) is 18.1 Å². The van der Waals surface area contributed by atoms with Gasteiger partial charge in [-0.1, -0.05) is 30.3 Å². The molecule has 128 valence electrons. The van der Waals surface area contributed by atoms with Gasteiger partial charge in [-0.25, -0.2) is 0 Å². The first-order valence-corrected chi connectivity index (χ1v) is 8.67. The fraction of sp³-hybridized carbons (Fsp3) is 0.286. The molecule has 4 nitrogen and oxygen atoms in total. The van der Waals surface area contributed by atoms with Crippen molar-refractivity contribution >= 4 is 17.2 Å². The summed E-state index contributed by atoms with van der Waals surface area (Å²) in [6.45, 7) is 1.39. The summed E-state index contributed by atoms with van der Waals surface area (Å²) in [7, 11) is 1.63. The van der Waals surface area contributed by atoms with E-state index < -0.39 is 0 Å².